The number of amides is 3. The summed E-state index contributed by atoms with van der Waals surface area (Å²) in [5.41, 5.74) is 3.25. The highest BCUT2D eigenvalue weighted by Gasteiger charge is 2.38. The number of phenols is 1. The minimum atomic E-state index is -0.462. The number of methoxy groups -OCH3 is 1. The molecule has 0 bridgehead atoms. The molecule has 0 saturated heterocycles. The van der Waals surface area contributed by atoms with Crippen molar-refractivity contribution in [2.45, 2.75) is 51.3 Å². The molecule has 1 fully saturated rings. The summed E-state index contributed by atoms with van der Waals surface area (Å²) in [4.78, 5) is 42.2. The van der Waals surface area contributed by atoms with Gasteiger partial charge in [0.15, 0.2) is 11.5 Å². The number of fused-ring (bicyclic) bond motifs is 2. The third kappa shape index (κ3) is 3.88. The topological polar surface area (TPSA) is 96.4 Å². The summed E-state index contributed by atoms with van der Waals surface area (Å²) >= 11 is 0. The Hall–Kier alpha value is -4.33. The molecule has 0 aromatic heterocycles. The average Bonchev–Trinajstić information content (AvgIpc) is 3.57. The van der Waals surface area contributed by atoms with Crippen LogP contribution < -0.4 is 14.4 Å². The van der Waals surface area contributed by atoms with Crippen LogP contribution in [0.4, 0.5) is 5.69 Å². The van der Waals surface area contributed by atoms with Gasteiger partial charge in [-0.1, -0.05) is 12.1 Å². The lowest BCUT2D eigenvalue weighted by Gasteiger charge is -2.24. The summed E-state index contributed by atoms with van der Waals surface area (Å²) in [6.07, 6.45) is 4.46. The molecule has 1 atom stereocenters. The number of benzene rings is 3. The van der Waals surface area contributed by atoms with E-state index < -0.39 is 11.8 Å². The molecule has 0 radical (unpaired) electrons. The summed E-state index contributed by atoms with van der Waals surface area (Å²) in [5.74, 6) is 0.160. The van der Waals surface area contributed by atoms with Gasteiger partial charge in [0, 0.05) is 17.3 Å². The first kappa shape index (κ1) is 24.0. The highest BCUT2D eigenvalue weighted by molar-refractivity contribution is 6.21. The van der Waals surface area contributed by atoms with Crippen LogP contribution in [0.25, 0.3) is 0 Å². The van der Waals surface area contributed by atoms with Gasteiger partial charge in [-0.05, 0) is 80.1 Å². The number of rotatable bonds is 6. The number of nitrogens with zero attached hydrogens (tertiary/aromatic N) is 2. The number of phenolic OH excluding ortho intramolecular Hbond substituents is 1. The lowest BCUT2D eigenvalue weighted by Crippen LogP contribution is -2.29. The average molecular weight is 513 g/mol. The summed E-state index contributed by atoms with van der Waals surface area (Å²) in [6.45, 7) is 2.01. The predicted octanol–water partition coefficient (Wildman–Crippen LogP) is 5.24. The highest BCUT2D eigenvalue weighted by Crippen LogP contribution is 2.42. The third-order valence-corrected chi connectivity index (χ3v) is 7.72. The second-order valence-corrected chi connectivity index (χ2v) is 10.1. The van der Waals surface area contributed by atoms with Crippen LogP contribution in [-0.2, 0) is 6.54 Å². The summed E-state index contributed by atoms with van der Waals surface area (Å²) < 4.78 is 11.8. The van der Waals surface area contributed by atoms with Crippen LogP contribution in [-0.4, -0.2) is 40.9 Å². The lowest BCUT2D eigenvalue weighted by molar-refractivity contribution is 0.0642. The molecule has 2 heterocycles. The first-order valence-corrected chi connectivity index (χ1v) is 12.9. The van der Waals surface area contributed by atoms with E-state index in [1.54, 1.807) is 18.1 Å². The van der Waals surface area contributed by atoms with Crippen molar-refractivity contribution in [2.24, 2.45) is 0 Å². The van der Waals surface area contributed by atoms with Gasteiger partial charge in [0.05, 0.1) is 36.9 Å². The molecular weight excluding hydrogens is 484 g/mol. The molecule has 3 aliphatic rings. The van der Waals surface area contributed by atoms with Gasteiger partial charge in [-0.25, -0.2) is 0 Å². The first-order chi connectivity index (χ1) is 18.4. The smallest absolute Gasteiger partial charge is 0.262 e. The third-order valence-electron chi connectivity index (χ3n) is 7.72. The fourth-order valence-corrected chi connectivity index (χ4v) is 5.73. The van der Waals surface area contributed by atoms with E-state index in [2.05, 4.69) is 0 Å². The Balaban J connectivity index is 1.26. The van der Waals surface area contributed by atoms with Crippen molar-refractivity contribution in [1.82, 2.24) is 4.90 Å². The van der Waals surface area contributed by atoms with E-state index in [1.807, 2.05) is 37.3 Å². The van der Waals surface area contributed by atoms with Gasteiger partial charge in [0.25, 0.3) is 17.7 Å². The molecule has 38 heavy (non-hydrogen) atoms. The monoisotopic (exact) mass is 512 g/mol. The fraction of sp³-hybridized carbons (Fsp3) is 0.300. The second kappa shape index (κ2) is 9.20. The van der Waals surface area contributed by atoms with Crippen LogP contribution in [0.1, 0.15) is 80.8 Å². The van der Waals surface area contributed by atoms with Crippen molar-refractivity contribution in [3.05, 3.63) is 82.4 Å². The molecule has 1 aliphatic carbocycles. The quantitative estimate of drug-likeness (QED) is 0.454. The molecular formula is C30H28N2O6. The van der Waals surface area contributed by atoms with E-state index in [4.69, 9.17) is 9.47 Å². The molecule has 3 aromatic rings. The second-order valence-electron chi connectivity index (χ2n) is 10.1. The molecule has 1 saturated carbocycles. The Morgan fingerprint density at radius 1 is 0.842 bits per heavy atom. The van der Waals surface area contributed by atoms with Crippen LogP contribution in [0, 0.1) is 0 Å². The Kier molecular flexibility index (Phi) is 5.82. The Bertz CT molecular complexity index is 1480. The number of ether oxygens (including phenoxy) is 2. The molecule has 8 heteroatoms. The molecule has 3 amide bonds. The van der Waals surface area contributed by atoms with Gasteiger partial charge in [-0.15, -0.1) is 0 Å². The van der Waals surface area contributed by atoms with Gasteiger partial charge in [-0.2, -0.15) is 0 Å². The largest absolute Gasteiger partial charge is 0.508 e. The molecule has 1 unspecified atom stereocenters. The van der Waals surface area contributed by atoms with Crippen LogP contribution in [0.2, 0.25) is 0 Å². The molecule has 0 spiro atoms. The normalized spacial score (nSPS) is 18.8. The van der Waals surface area contributed by atoms with Crippen LogP contribution in [0.15, 0.2) is 54.6 Å². The number of hydrogen-bond donors (Lipinski definition) is 1. The minimum Gasteiger partial charge on any atom is -0.508 e. The number of carbonyl (C=O) groups excluding carboxylic acids is 3. The van der Waals surface area contributed by atoms with Crippen molar-refractivity contribution < 1.29 is 29.0 Å². The zero-order valence-corrected chi connectivity index (χ0v) is 21.3. The molecule has 3 aromatic carbocycles. The number of hydrogen-bond acceptors (Lipinski definition) is 6. The van der Waals surface area contributed by atoms with Crippen molar-refractivity contribution in [1.29, 1.82) is 0 Å². The SMILES string of the molecule is COc1ccc(N2C(=O)c3cc(CN4C(=O)c5ccc(O)cc5C4=O)ccc3C2C)cc1OC1CCCC1. The predicted molar refractivity (Wildman–Crippen MR) is 140 cm³/mol. The van der Waals surface area contributed by atoms with Crippen molar-refractivity contribution in [3.8, 4) is 17.2 Å². The number of aromatic hydroxyl groups is 1. The standard InChI is InChI=1S/C30H28N2O6/c1-17-22-10-7-18(16-31-28(34)23-11-9-20(33)15-25(23)29(31)35)13-24(22)30(36)32(17)19-8-12-26(37-2)27(14-19)38-21-5-3-4-6-21/h7-15,17,21,33H,3-6,16H2,1-2H3. The van der Waals surface area contributed by atoms with Crippen molar-refractivity contribution in [3.63, 3.8) is 0 Å². The van der Waals surface area contributed by atoms with E-state index >= 15 is 0 Å². The summed E-state index contributed by atoms with van der Waals surface area (Å²) in [5, 5.41) is 9.73. The van der Waals surface area contributed by atoms with E-state index in [-0.39, 0.29) is 41.5 Å². The maximum Gasteiger partial charge on any atom is 0.262 e. The Labute approximate surface area is 220 Å². The Morgan fingerprint density at radius 3 is 2.37 bits per heavy atom. The lowest BCUT2D eigenvalue weighted by atomic mass is 10.0. The molecule has 2 aliphatic heterocycles. The maximum atomic E-state index is 13.6. The zero-order valence-electron chi connectivity index (χ0n) is 21.3. The highest BCUT2D eigenvalue weighted by atomic mass is 16.5. The van der Waals surface area contributed by atoms with Crippen molar-refractivity contribution in [2.75, 3.05) is 12.0 Å². The number of anilines is 1. The van der Waals surface area contributed by atoms with E-state index in [0.717, 1.165) is 36.1 Å². The summed E-state index contributed by atoms with van der Waals surface area (Å²) in [7, 11) is 1.61. The van der Waals surface area contributed by atoms with E-state index in [1.165, 1.54) is 18.2 Å². The van der Waals surface area contributed by atoms with Gasteiger partial charge in [-0.3, -0.25) is 19.3 Å². The van der Waals surface area contributed by atoms with Crippen molar-refractivity contribution >= 4 is 23.4 Å². The molecule has 194 valence electrons. The van der Waals surface area contributed by atoms with Crippen LogP contribution >= 0.6 is 0 Å². The van der Waals surface area contributed by atoms with E-state index in [9.17, 15) is 19.5 Å². The first-order valence-electron chi connectivity index (χ1n) is 12.9. The van der Waals surface area contributed by atoms with Crippen LogP contribution in [0.5, 0.6) is 17.2 Å². The molecule has 8 nitrogen and oxygen atoms in total. The number of carbonyl (C=O) groups is 3. The number of imide groups is 1. The van der Waals surface area contributed by atoms with Gasteiger partial charge in [0.1, 0.15) is 5.75 Å². The summed E-state index contributed by atoms with van der Waals surface area (Å²) in [6, 6.07) is 15.0. The molecule has 1 N–H and O–H groups in total. The van der Waals surface area contributed by atoms with Crippen LogP contribution in [0.3, 0.4) is 0 Å². The van der Waals surface area contributed by atoms with E-state index in [0.29, 0.717) is 28.3 Å². The van der Waals surface area contributed by atoms with Gasteiger partial charge >= 0.3 is 0 Å². The molecule has 6 rings (SSSR count). The van der Waals surface area contributed by atoms with Gasteiger partial charge in [0.2, 0.25) is 0 Å². The maximum absolute atomic E-state index is 13.6. The fourth-order valence-electron chi connectivity index (χ4n) is 5.73. The Morgan fingerprint density at radius 2 is 1.61 bits per heavy atom. The zero-order chi connectivity index (χ0) is 26.6. The minimum absolute atomic E-state index is 0.0317. The van der Waals surface area contributed by atoms with Gasteiger partial charge < -0.3 is 19.5 Å².